The van der Waals surface area contributed by atoms with E-state index in [1.807, 2.05) is 52.0 Å². The van der Waals surface area contributed by atoms with Gasteiger partial charge in [0.15, 0.2) is 16.9 Å². The predicted octanol–water partition coefficient (Wildman–Crippen LogP) is 5.57. The zero-order valence-corrected chi connectivity index (χ0v) is 19.5. The maximum Gasteiger partial charge on any atom is 0.295 e. The first-order valence-corrected chi connectivity index (χ1v) is 11.2. The van der Waals surface area contributed by atoms with E-state index in [0.29, 0.717) is 34.6 Å². The Morgan fingerprint density at radius 2 is 1.76 bits per heavy atom. The number of hydrogen-bond acceptors (Lipinski definition) is 5. The Bertz CT molecular complexity index is 1520. The number of ether oxygens (including phenoxy) is 1. The van der Waals surface area contributed by atoms with Gasteiger partial charge in [-0.3, -0.25) is 14.5 Å². The molecule has 0 saturated carbocycles. The van der Waals surface area contributed by atoms with Crippen LogP contribution in [0.5, 0.6) is 11.5 Å². The number of anilines is 1. The summed E-state index contributed by atoms with van der Waals surface area (Å²) in [6, 6.07) is 15.3. The number of nitrogens with zero attached hydrogens (tertiary/aromatic N) is 1. The van der Waals surface area contributed by atoms with E-state index in [-0.39, 0.29) is 28.4 Å². The second-order valence-electron chi connectivity index (χ2n) is 8.68. The molecule has 6 heteroatoms. The fourth-order valence-electron chi connectivity index (χ4n) is 4.52. The molecule has 0 spiro atoms. The van der Waals surface area contributed by atoms with Crippen molar-refractivity contribution in [1.29, 1.82) is 0 Å². The van der Waals surface area contributed by atoms with Crippen molar-refractivity contribution in [3.63, 3.8) is 0 Å². The second-order valence-corrected chi connectivity index (χ2v) is 8.68. The van der Waals surface area contributed by atoms with Gasteiger partial charge < -0.3 is 14.3 Å². The van der Waals surface area contributed by atoms with Gasteiger partial charge in [-0.1, -0.05) is 23.8 Å². The molecule has 1 amide bonds. The first-order valence-electron chi connectivity index (χ1n) is 11.2. The Balaban J connectivity index is 1.81. The van der Waals surface area contributed by atoms with E-state index in [1.54, 1.807) is 29.2 Å². The molecule has 34 heavy (non-hydrogen) atoms. The number of aromatic hydroxyl groups is 1. The minimum absolute atomic E-state index is 0.00551. The standard InChI is InChI=1S/C28H25NO5/c1-5-33-23-14-18(8-10-21(23)30)25-24-26(31)20-12-15(2)6-11-22(20)34-27(24)28(32)29(25)19-9-7-16(3)17(4)13-19/h6-14,25,30H,5H2,1-4H3. The summed E-state index contributed by atoms with van der Waals surface area (Å²) in [5.74, 6) is -0.0551. The third kappa shape index (κ3) is 3.34. The minimum Gasteiger partial charge on any atom is -0.504 e. The molecule has 2 heterocycles. The van der Waals surface area contributed by atoms with E-state index < -0.39 is 6.04 Å². The van der Waals surface area contributed by atoms with Crippen LogP contribution in [0.4, 0.5) is 5.69 Å². The molecule has 0 aliphatic carbocycles. The van der Waals surface area contributed by atoms with E-state index in [4.69, 9.17) is 9.15 Å². The quantitative estimate of drug-likeness (QED) is 0.435. The van der Waals surface area contributed by atoms with Crippen molar-refractivity contribution in [2.24, 2.45) is 0 Å². The lowest BCUT2D eigenvalue weighted by Gasteiger charge is -2.26. The van der Waals surface area contributed by atoms with Crippen LogP contribution >= 0.6 is 0 Å². The SMILES string of the molecule is CCOc1cc(C2c3c(oc4ccc(C)cc4c3=O)C(=O)N2c2ccc(C)c(C)c2)ccc1O. The molecule has 0 fully saturated rings. The van der Waals surface area contributed by atoms with Gasteiger partial charge in [0.1, 0.15) is 5.58 Å². The number of carbonyl (C=O) groups is 1. The van der Waals surface area contributed by atoms with E-state index >= 15 is 0 Å². The van der Waals surface area contributed by atoms with Crippen LogP contribution in [0, 0.1) is 20.8 Å². The van der Waals surface area contributed by atoms with Crippen LogP contribution in [0.1, 0.15) is 51.3 Å². The molecule has 1 N–H and O–H groups in total. The maximum absolute atomic E-state index is 13.8. The fourth-order valence-corrected chi connectivity index (χ4v) is 4.52. The van der Waals surface area contributed by atoms with Crippen LogP contribution in [-0.4, -0.2) is 17.6 Å². The normalized spacial score (nSPS) is 15.1. The number of hydrogen-bond donors (Lipinski definition) is 1. The number of rotatable bonds is 4. The molecule has 4 aromatic rings. The molecular weight excluding hydrogens is 430 g/mol. The lowest BCUT2D eigenvalue weighted by Crippen LogP contribution is -2.29. The molecule has 1 aliphatic heterocycles. The predicted molar refractivity (Wildman–Crippen MR) is 131 cm³/mol. The summed E-state index contributed by atoms with van der Waals surface area (Å²) in [5, 5.41) is 10.7. The average Bonchev–Trinajstić information content (AvgIpc) is 3.10. The summed E-state index contributed by atoms with van der Waals surface area (Å²) in [4.78, 5) is 29.1. The Hall–Kier alpha value is -4.06. The van der Waals surface area contributed by atoms with Crippen molar-refractivity contribution >= 4 is 22.6 Å². The third-order valence-electron chi connectivity index (χ3n) is 6.39. The molecule has 6 nitrogen and oxygen atoms in total. The van der Waals surface area contributed by atoms with Crippen LogP contribution in [0.15, 0.2) is 63.8 Å². The summed E-state index contributed by atoms with van der Waals surface area (Å²) in [6.07, 6.45) is 0. The smallest absolute Gasteiger partial charge is 0.295 e. The summed E-state index contributed by atoms with van der Waals surface area (Å²) in [7, 11) is 0. The van der Waals surface area contributed by atoms with Gasteiger partial charge in [0, 0.05) is 5.69 Å². The molecule has 1 aromatic heterocycles. The van der Waals surface area contributed by atoms with Gasteiger partial charge in [-0.2, -0.15) is 0 Å². The van der Waals surface area contributed by atoms with Crippen LogP contribution < -0.4 is 15.1 Å². The highest BCUT2D eigenvalue weighted by Gasteiger charge is 2.44. The highest BCUT2D eigenvalue weighted by molar-refractivity contribution is 6.10. The Morgan fingerprint density at radius 1 is 0.971 bits per heavy atom. The highest BCUT2D eigenvalue weighted by atomic mass is 16.5. The number of benzene rings is 3. The first-order chi connectivity index (χ1) is 16.3. The maximum atomic E-state index is 13.8. The van der Waals surface area contributed by atoms with Crippen LogP contribution in [0.25, 0.3) is 11.0 Å². The van der Waals surface area contributed by atoms with Gasteiger partial charge in [-0.05, 0) is 80.8 Å². The zero-order chi connectivity index (χ0) is 24.1. The Morgan fingerprint density at radius 3 is 2.50 bits per heavy atom. The van der Waals surface area contributed by atoms with Gasteiger partial charge in [0.2, 0.25) is 5.76 Å². The number of aryl methyl sites for hydroxylation is 3. The molecule has 172 valence electrons. The first kappa shape index (κ1) is 21.8. The Labute approximate surface area is 197 Å². The van der Waals surface area contributed by atoms with Gasteiger partial charge in [-0.25, -0.2) is 0 Å². The van der Waals surface area contributed by atoms with Gasteiger partial charge in [-0.15, -0.1) is 0 Å². The highest BCUT2D eigenvalue weighted by Crippen LogP contribution is 2.43. The third-order valence-corrected chi connectivity index (χ3v) is 6.39. The van der Waals surface area contributed by atoms with Crippen LogP contribution in [-0.2, 0) is 0 Å². The number of phenolic OH excluding ortho intramolecular Hbond substituents is 1. The number of amides is 1. The fraction of sp³-hybridized carbons (Fsp3) is 0.214. The van der Waals surface area contributed by atoms with Gasteiger partial charge in [0.05, 0.1) is 23.6 Å². The molecule has 1 unspecified atom stereocenters. The molecule has 1 aliphatic rings. The van der Waals surface area contributed by atoms with Crippen molar-refractivity contribution in [3.8, 4) is 11.5 Å². The molecule has 5 rings (SSSR count). The lowest BCUT2D eigenvalue weighted by atomic mass is 9.97. The Kier molecular flexibility index (Phi) is 5.16. The van der Waals surface area contributed by atoms with E-state index in [1.165, 1.54) is 6.07 Å². The monoisotopic (exact) mass is 455 g/mol. The van der Waals surface area contributed by atoms with Crippen molar-refractivity contribution in [1.82, 2.24) is 0 Å². The van der Waals surface area contributed by atoms with Gasteiger partial charge in [0.25, 0.3) is 5.91 Å². The van der Waals surface area contributed by atoms with Crippen molar-refractivity contribution in [2.75, 3.05) is 11.5 Å². The van der Waals surface area contributed by atoms with E-state index in [0.717, 1.165) is 16.7 Å². The number of fused-ring (bicyclic) bond motifs is 2. The number of carbonyl (C=O) groups excluding carboxylic acids is 1. The van der Waals surface area contributed by atoms with Crippen molar-refractivity contribution in [3.05, 3.63) is 98.4 Å². The van der Waals surface area contributed by atoms with Crippen LogP contribution in [0.2, 0.25) is 0 Å². The largest absolute Gasteiger partial charge is 0.504 e. The molecule has 0 saturated heterocycles. The molecule has 0 radical (unpaired) electrons. The van der Waals surface area contributed by atoms with E-state index in [9.17, 15) is 14.7 Å². The topological polar surface area (TPSA) is 80.0 Å². The van der Waals surface area contributed by atoms with Crippen molar-refractivity contribution < 1.29 is 19.1 Å². The second kappa shape index (κ2) is 8.06. The number of phenols is 1. The molecule has 3 aromatic carbocycles. The zero-order valence-electron chi connectivity index (χ0n) is 19.5. The van der Waals surface area contributed by atoms with Gasteiger partial charge >= 0.3 is 0 Å². The van der Waals surface area contributed by atoms with E-state index in [2.05, 4.69) is 0 Å². The lowest BCUT2D eigenvalue weighted by molar-refractivity contribution is 0.0971. The minimum atomic E-state index is -0.731. The molecular formula is C28H25NO5. The summed E-state index contributed by atoms with van der Waals surface area (Å²) in [5.41, 5.74) is 4.79. The summed E-state index contributed by atoms with van der Waals surface area (Å²) >= 11 is 0. The average molecular weight is 456 g/mol. The van der Waals surface area contributed by atoms with Crippen LogP contribution in [0.3, 0.4) is 0 Å². The summed E-state index contributed by atoms with van der Waals surface area (Å²) < 4.78 is 11.6. The summed E-state index contributed by atoms with van der Waals surface area (Å²) in [6.45, 7) is 8.08. The molecule has 1 atom stereocenters. The molecule has 0 bridgehead atoms. The van der Waals surface area contributed by atoms with Crippen molar-refractivity contribution in [2.45, 2.75) is 33.7 Å².